The van der Waals surface area contributed by atoms with Crippen molar-refractivity contribution in [2.45, 2.75) is 44.2 Å². The summed E-state index contributed by atoms with van der Waals surface area (Å²) in [6.07, 6.45) is 9.90. The third-order valence-corrected chi connectivity index (χ3v) is 3.91. The van der Waals surface area contributed by atoms with E-state index in [2.05, 4.69) is 37.7 Å². The topological polar surface area (TPSA) is 71.4 Å². The largest absolute Gasteiger partial charge is 0.311 e. The maximum Gasteiger partial charge on any atom is 0.0997 e. The Balaban J connectivity index is 1.69. The summed E-state index contributed by atoms with van der Waals surface area (Å²) in [6, 6.07) is 2.88. The number of hydrogen-bond acceptors (Lipinski definition) is 4. The Morgan fingerprint density at radius 2 is 2.32 bits per heavy atom. The molecule has 2 aromatic heterocycles. The van der Waals surface area contributed by atoms with Gasteiger partial charge in [0.15, 0.2) is 0 Å². The molecule has 0 aliphatic heterocycles. The van der Waals surface area contributed by atoms with Gasteiger partial charge in [-0.3, -0.25) is 4.68 Å². The van der Waals surface area contributed by atoms with Crippen LogP contribution in [0.25, 0.3) is 0 Å². The molecule has 1 aliphatic rings. The molecule has 2 aromatic rings. The van der Waals surface area contributed by atoms with Crippen LogP contribution in [-0.4, -0.2) is 32.2 Å². The normalized spacial score (nSPS) is 17.9. The van der Waals surface area contributed by atoms with Gasteiger partial charge in [-0.15, -0.1) is 0 Å². The van der Waals surface area contributed by atoms with E-state index in [4.69, 9.17) is 5.10 Å². The fraction of sp³-hybridized carbons (Fsp3) is 0.615. The van der Waals surface area contributed by atoms with Crippen molar-refractivity contribution in [1.29, 1.82) is 0 Å². The Morgan fingerprint density at radius 3 is 3.00 bits per heavy atom. The van der Waals surface area contributed by atoms with E-state index in [0.29, 0.717) is 6.04 Å². The van der Waals surface area contributed by atoms with Gasteiger partial charge in [-0.25, -0.2) is 0 Å². The highest BCUT2D eigenvalue weighted by molar-refractivity contribution is 5.08. The number of likely N-dealkylation sites (N-methyl/N-ethyl adjacent to an activating group) is 1. The second kappa shape index (κ2) is 5.52. The van der Waals surface area contributed by atoms with Crippen molar-refractivity contribution < 1.29 is 0 Å². The quantitative estimate of drug-likeness (QED) is 0.857. The molecule has 19 heavy (non-hydrogen) atoms. The lowest BCUT2D eigenvalue weighted by Gasteiger charge is -2.12. The first-order chi connectivity index (χ1) is 9.36. The molecule has 6 heteroatoms. The minimum Gasteiger partial charge on any atom is -0.311 e. The van der Waals surface area contributed by atoms with Crippen molar-refractivity contribution in [3.05, 3.63) is 29.8 Å². The zero-order chi connectivity index (χ0) is 13.1. The summed E-state index contributed by atoms with van der Waals surface area (Å²) in [7, 11) is 1.94. The Kier molecular flexibility index (Phi) is 3.59. The van der Waals surface area contributed by atoms with Gasteiger partial charge in [-0.1, -0.05) is 12.8 Å². The summed E-state index contributed by atoms with van der Waals surface area (Å²) in [5.41, 5.74) is 2.03. The minimum absolute atomic E-state index is 0.158. The average Bonchev–Trinajstić information content (AvgIpc) is 3.15. The van der Waals surface area contributed by atoms with Crippen molar-refractivity contribution in [2.24, 2.45) is 0 Å². The van der Waals surface area contributed by atoms with Crippen molar-refractivity contribution in [2.75, 3.05) is 7.05 Å². The van der Waals surface area contributed by atoms with Crippen LogP contribution in [0.15, 0.2) is 18.5 Å². The van der Waals surface area contributed by atoms with Gasteiger partial charge in [0.25, 0.3) is 0 Å². The van der Waals surface area contributed by atoms with Gasteiger partial charge in [-0.2, -0.15) is 20.5 Å². The highest BCUT2D eigenvalue weighted by Gasteiger charge is 2.19. The predicted octanol–water partition coefficient (Wildman–Crippen LogP) is 1.62. The summed E-state index contributed by atoms with van der Waals surface area (Å²) < 4.78 is 2.14. The molecule has 0 saturated heterocycles. The van der Waals surface area contributed by atoms with Crippen LogP contribution in [-0.2, 0) is 6.42 Å². The van der Waals surface area contributed by atoms with E-state index < -0.39 is 0 Å². The number of aromatic amines is 1. The van der Waals surface area contributed by atoms with Crippen LogP contribution in [0.4, 0.5) is 0 Å². The highest BCUT2D eigenvalue weighted by atomic mass is 15.3. The molecule has 1 saturated carbocycles. The maximum absolute atomic E-state index is 4.71. The molecule has 0 spiro atoms. The summed E-state index contributed by atoms with van der Waals surface area (Å²) >= 11 is 0. The van der Waals surface area contributed by atoms with Crippen LogP contribution in [0.2, 0.25) is 0 Å². The maximum atomic E-state index is 4.71. The molecule has 0 aromatic carbocycles. The van der Waals surface area contributed by atoms with E-state index in [1.807, 2.05) is 7.05 Å². The van der Waals surface area contributed by atoms with Gasteiger partial charge in [0.05, 0.1) is 29.7 Å². The third-order valence-electron chi connectivity index (χ3n) is 3.91. The number of rotatable bonds is 5. The highest BCUT2D eigenvalue weighted by Crippen LogP contribution is 2.29. The lowest BCUT2D eigenvalue weighted by molar-refractivity contribution is 0.458. The summed E-state index contributed by atoms with van der Waals surface area (Å²) in [6.45, 7) is 0. The van der Waals surface area contributed by atoms with Crippen LogP contribution >= 0.6 is 0 Å². The molecule has 0 bridgehead atoms. The second-order valence-electron chi connectivity index (χ2n) is 5.17. The molecule has 6 nitrogen and oxygen atoms in total. The van der Waals surface area contributed by atoms with E-state index in [1.165, 1.54) is 25.7 Å². The lowest BCUT2D eigenvalue weighted by Crippen LogP contribution is -2.19. The van der Waals surface area contributed by atoms with Crippen LogP contribution in [0.1, 0.15) is 49.2 Å². The molecule has 3 rings (SSSR count). The van der Waals surface area contributed by atoms with Gasteiger partial charge >= 0.3 is 0 Å². The van der Waals surface area contributed by atoms with Crippen LogP contribution in [0.5, 0.6) is 0 Å². The molecular weight excluding hydrogens is 240 g/mol. The Hall–Kier alpha value is -1.69. The second-order valence-corrected chi connectivity index (χ2v) is 5.17. The van der Waals surface area contributed by atoms with Gasteiger partial charge in [0.2, 0.25) is 0 Å². The van der Waals surface area contributed by atoms with Crippen molar-refractivity contribution in [1.82, 2.24) is 30.5 Å². The summed E-state index contributed by atoms with van der Waals surface area (Å²) in [4.78, 5) is 0. The predicted molar refractivity (Wildman–Crippen MR) is 71.6 cm³/mol. The van der Waals surface area contributed by atoms with E-state index >= 15 is 0 Å². The van der Waals surface area contributed by atoms with Crippen molar-refractivity contribution in [3.8, 4) is 0 Å². The lowest BCUT2D eigenvalue weighted by atomic mass is 10.1. The minimum atomic E-state index is 0.158. The number of H-pyrrole nitrogens is 1. The van der Waals surface area contributed by atoms with Crippen molar-refractivity contribution >= 4 is 0 Å². The number of aromatic nitrogens is 5. The monoisotopic (exact) mass is 260 g/mol. The van der Waals surface area contributed by atoms with Gasteiger partial charge in [-0.05, 0) is 26.0 Å². The summed E-state index contributed by atoms with van der Waals surface area (Å²) in [5.74, 6) is 0. The molecule has 0 radical (unpaired) electrons. The standard InChI is InChI=1S/C13H20N6/c1-14-12(13-9-15-18-16-13)8-10-6-7-19(17-10)11-4-2-3-5-11/h6-7,9,11-12,14H,2-5,8H2,1H3,(H,15,16,18). The first-order valence-electron chi connectivity index (χ1n) is 6.94. The zero-order valence-electron chi connectivity index (χ0n) is 11.2. The Bertz CT molecular complexity index is 497. The van der Waals surface area contributed by atoms with Crippen LogP contribution in [0.3, 0.4) is 0 Å². The first kappa shape index (κ1) is 12.3. The summed E-state index contributed by atoms with van der Waals surface area (Å²) in [5, 5.41) is 18.6. The molecular formula is C13H20N6. The fourth-order valence-corrected chi connectivity index (χ4v) is 2.80. The number of nitrogens with one attached hydrogen (secondary N) is 2. The SMILES string of the molecule is CNC(Cc1ccn(C2CCCC2)n1)c1cn[nH]n1. The Labute approximate surface area is 112 Å². The van der Waals surface area contributed by atoms with E-state index in [9.17, 15) is 0 Å². The molecule has 1 atom stereocenters. The molecule has 1 aliphatic carbocycles. The molecule has 1 unspecified atom stereocenters. The average molecular weight is 260 g/mol. The molecule has 2 N–H and O–H groups in total. The van der Waals surface area contributed by atoms with Gasteiger partial charge < -0.3 is 5.32 Å². The van der Waals surface area contributed by atoms with Gasteiger partial charge in [0, 0.05) is 12.6 Å². The third kappa shape index (κ3) is 2.68. The van der Waals surface area contributed by atoms with Crippen molar-refractivity contribution in [3.63, 3.8) is 0 Å². The van der Waals surface area contributed by atoms with E-state index in [0.717, 1.165) is 17.8 Å². The van der Waals surface area contributed by atoms with Crippen LogP contribution < -0.4 is 5.32 Å². The number of nitrogens with zero attached hydrogens (tertiary/aromatic N) is 4. The van der Waals surface area contributed by atoms with E-state index in [-0.39, 0.29) is 6.04 Å². The number of hydrogen-bond donors (Lipinski definition) is 2. The molecule has 0 amide bonds. The van der Waals surface area contributed by atoms with E-state index in [1.54, 1.807) is 6.20 Å². The zero-order valence-corrected chi connectivity index (χ0v) is 11.2. The molecule has 2 heterocycles. The molecule has 102 valence electrons. The Morgan fingerprint density at radius 1 is 1.47 bits per heavy atom. The van der Waals surface area contributed by atoms with Crippen LogP contribution in [0, 0.1) is 0 Å². The molecule has 1 fully saturated rings. The van der Waals surface area contributed by atoms with Gasteiger partial charge in [0.1, 0.15) is 0 Å². The fourth-order valence-electron chi connectivity index (χ4n) is 2.80. The smallest absolute Gasteiger partial charge is 0.0997 e. The first-order valence-corrected chi connectivity index (χ1v) is 6.94.